The van der Waals surface area contributed by atoms with Gasteiger partial charge in [0.25, 0.3) is 0 Å². The predicted molar refractivity (Wildman–Crippen MR) is 67.1 cm³/mol. The average Bonchev–Trinajstić information content (AvgIpc) is 2.74. The molecule has 1 atom stereocenters. The molecule has 1 aromatic carbocycles. The summed E-state index contributed by atoms with van der Waals surface area (Å²) in [6.45, 7) is 0. The molecule has 1 heterocycles. The second-order valence-electron chi connectivity index (χ2n) is 3.47. The van der Waals surface area contributed by atoms with E-state index in [1.807, 2.05) is 17.5 Å². The van der Waals surface area contributed by atoms with Crippen LogP contribution >= 0.6 is 27.3 Å². The van der Waals surface area contributed by atoms with Crippen LogP contribution in [0.15, 0.2) is 40.2 Å². The third kappa shape index (κ3) is 2.70. The molecule has 16 heavy (non-hydrogen) atoms. The molecule has 0 aliphatic rings. The van der Waals surface area contributed by atoms with E-state index >= 15 is 0 Å². The summed E-state index contributed by atoms with van der Waals surface area (Å²) in [4.78, 5) is 1.12. The first-order valence-corrected chi connectivity index (χ1v) is 6.49. The van der Waals surface area contributed by atoms with Crippen molar-refractivity contribution in [2.45, 2.75) is 12.5 Å². The van der Waals surface area contributed by atoms with Crippen molar-refractivity contribution in [1.29, 1.82) is 0 Å². The van der Waals surface area contributed by atoms with Gasteiger partial charge in [0.05, 0.1) is 10.6 Å². The van der Waals surface area contributed by atoms with Crippen molar-refractivity contribution in [2.24, 2.45) is 0 Å². The van der Waals surface area contributed by atoms with Gasteiger partial charge in [-0.15, -0.1) is 11.3 Å². The van der Waals surface area contributed by atoms with E-state index in [-0.39, 0.29) is 5.82 Å². The predicted octanol–water partition coefficient (Wildman–Crippen LogP) is 3.93. The van der Waals surface area contributed by atoms with Gasteiger partial charge in [0.2, 0.25) is 0 Å². The molecular formula is C12H10BrFOS. The third-order valence-corrected chi connectivity index (χ3v) is 3.81. The van der Waals surface area contributed by atoms with Crippen molar-refractivity contribution < 1.29 is 9.50 Å². The van der Waals surface area contributed by atoms with E-state index < -0.39 is 6.10 Å². The summed E-state index contributed by atoms with van der Waals surface area (Å²) in [5.74, 6) is -0.313. The van der Waals surface area contributed by atoms with Gasteiger partial charge in [-0.2, -0.15) is 0 Å². The molecular weight excluding hydrogens is 291 g/mol. The Balaban J connectivity index is 2.14. The molecule has 4 heteroatoms. The first-order chi connectivity index (χ1) is 7.66. The van der Waals surface area contributed by atoms with Gasteiger partial charge in [-0.3, -0.25) is 0 Å². The van der Waals surface area contributed by atoms with Crippen LogP contribution < -0.4 is 0 Å². The smallest absolute Gasteiger partial charge is 0.137 e. The lowest BCUT2D eigenvalue weighted by atomic mass is 10.1. The minimum absolute atomic E-state index is 0.313. The maximum atomic E-state index is 13.0. The Hall–Kier alpha value is -0.710. The van der Waals surface area contributed by atoms with E-state index in [1.54, 1.807) is 23.5 Å². The molecule has 0 fully saturated rings. The number of rotatable bonds is 3. The number of benzene rings is 1. The maximum absolute atomic E-state index is 13.0. The monoisotopic (exact) mass is 300 g/mol. The zero-order chi connectivity index (χ0) is 11.5. The lowest BCUT2D eigenvalue weighted by molar-refractivity contribution is 0.179. The molecule has 1 aromatic heterocycles. The van der Waals surface area contributed by atoms with Crippen molar-refractivity contribution in [1.82, 2.24) is 0 Å². The largest absolute Gasteiger partial charge is 0.388 e. The van der Waals surface area contributed by atoms with Crippen LogP contribution in [0.2, 0.25) is 0 Å². The van der Waals surface area contributed by atoms with Crippen molar-refractivity contribution >= 4 is 27.3 Å². The summed E-state index contributed by atoms with van der Waals surface area (Å²) < 4.78 is 13.4. The van der Waals surface area contributed by atoms with E-state index in [0.29, 0.717) is 10.9 Å². The molecule has 1 nitrogen and oxygen atoms in total. The van der Waals surface area contributed by atoms with Crippen LogP contribution in [0.4, 0.5) is 4.39 Å². The van der Waals surface area contributed by atoms with Crippen LogP contribution in [0.1, 0.15) is 16.5 Å². The third-order valence-electron chi connectivity index (χ3n) is 2.30. The second kappa shape index (κ2) is 5.08. The van der Waals surface area contributed by atoms with Crippen molar-refractivity contribution in [3.63, 3.8) is 0 Å². The Bertz CT molecular complexity index is 470. The first kappa shape index (κ1) is 11.8. The number of thiophene rings is 1. The molecule has 0 saturated carbocycles. The van der Waals surface area contributed by atoms with Gasteiger partial charge in [-0.25, -0.2) is 4.39 Å². The number of hydrogen-bond acceptors (Lipinski definition) is 2. The highest BCUT2D eigenvalue weighted by atomic mass is 79.9. The van der Waals surface area contributed by atoms with E-state index in [4.69, 9.17) is 0 Å². The van der Waals surface area contributed by atoms with Gasteiger partial charge in [-0.05, 0) is 45.1 Å². The Labute approximate surface area is 106 Å². The SMILES string of the molecule is OC(Cc1cccs1)c1ccc(F)c(Br)c1. The van der Waals surface area contributed by atoms with Gasteiger partial charge in [-0.1, -0.05) is 12.1 Å². The van der Waals surface area contributed by atoms with Crippen LogP contribution in [-0.2, 0) is 6.42 Å². The lowest BCUT2D eigenvalue weighted by Gasteiger charge is -2.10. The van der Waals surface area contributed by atoms with Gasteiger partial charge in [0.1, 0.15) is 5.82 Å². The fourth-order valence-corrected chi connectivity index (χ4v) is 2.60. The zero-order valence-electron chi connectivity index (χ0n) is 8.36. The number of aliphatic hydroxyl groups is 1. The molecule has 0 amide bonds. The van der Waals surface area contributed by atoms with Crippen LogP contribution in [0.25, 0.3) is 0 Å². The van der Waals surface area contributed by atoms with Crippen LogP contribution in [0, 0.1) is 5.82 Å². The van der Waals surface area contributed by atoms with Crippen molar-refractivity contribution in [3.8, 4) is 0 Å². The van der Waals surface area contributed by atoms with Crippen molar-refractivity contribution in [3.05, 3.63) is 56.4 Å². The summed E-state index contributed by atoms with van der Waals surface area (Å²) in [7, 11) is 0. The Morgan fingerprint density at radius 3 is 2.81 bits per heavy atom. The molecule has 0 spiro atoms. The Morgan fingerprint density at radius 1 is 1.38 bits per heavy atom. The second-order valence-corrected chi connectivity index (χ2v) is 5.36. The summed E-state index contributed by atoms with van der Waals surface area (Å²) >= 11 is 4.72. The summed E-state index contributed by atoms with van der Waals surface area (Å²) in [5.41, 5.74) is 0.724. The van der Waals surface area contributed by atoms with E-state index in [9.17, 15) is 9.50 Å². The number of hydrogen-bond donors (Lipinski definition) is 1. The quantitative estimate of drug-likeness (QED) is 0.911. The molecule has 0 radical (unpaired) electrons. The Morgan fingerprint density at radius 2 is 2.19 bits per heavy atom. The summed E-state index contributed by atoms with van der Waals surface area (Å²) in [6, 6.07) is 8.52. The molecule has 2 aromatic rings. The normalized spacial score (nSPS) is 12.7. The standard InChI is InChI=1S/C12H10BrFOS/c13-10-6-8(3-4-11(10)14)12(15)7-9-2-1-5-16-9/h1-6,12,15H,7H2. The minimum Gasteiger partial charge on any atom is -0.388 e. The minimum atomic E-state index is -0.587. The maximum Gasteiger partial charge on any atom is 0.137 e. The summed E-state index contributed by atoms with van der Waals surface area (Å²) in [6.07, 6.45) is -0.0222. The van der Waals surface area contributed by atoms with Crippen LogP contribution in [0.5, 0.6) is 0 Å². The summed E-state index contributed by atoms with van der Waals surface area (Å²) in [5, 5.41) is 11.9. The fourth-order valence-electron chi connectivity index (χ4n) is 1.46. The fraction of sp³-hybridized carbons (Fsp3) is 0.167. The molecule has 1 N–H and O–H groups in total. The van der Waals surface area contributed by atoms with E-state index in [1.165, 1.54) is 6.07 Å². The molecule has 2 rings (SSSR count). The van der Waals surface area contributed by atoms with Gasteiger partial charge in [0, 0.05) is 11.3 Å². The average molecular weight is 301 g/mol. The highest BCUT2D eigenvalue weighted by molar-refractivity contribution is 9.10. The molecule has 0 aliphatic carbocycles. The molecule has 0 aliphatic heterocycles. The zero-order valence-corrected chi connectivity index (χ0v) is 10.8. The van der Waals surface area contributed by atoms with Crippen LogP contribution in [-0.4, -0.2) is 5.11 Å². The first-order valence-electron chi connectivity index (χ1n) is 4.82. The van der Waals surface area contributed by atoms with Crippen LogP contribution in [0.3, 0.4) is 0 Å². The Kier molecular flexibility index (Phi) is 3.74. The highest BCUT2D eigenvalue weighted by Crippen LogP contribution is 2.25. The van der Waals surface area contributed by atoms with E-state index in [2.05, 4.69) is 15.9 Å². The lowest BCUT2D eigenvalue weighted by Crippen LogP contribution is -2.00. The highest BCUT2D eigenvalue weighted by Gasteiger charge is 2.11. The molecule has 0 bridgehead atoms. The number of halogens is 2. The topological polar surface area (TPSA) is 20.2 Å². The molecule has 0 saturated heterocycles. The molecule has 1 unspecified atom stereocenters. The molecule has 84 valence electrons. The van der Waals surface area contributed by atoms with Gasteiger partial charge < -0.3 is 5.11 Å². The number of aliphatic hydroxyl groups excluding tert-OH is 1. The van der Waals surface area contributed by atoms with Crippen molar-refractivity contribution in [2.75, 3.05) is 0 Å². The van der Waals surface area contributed by atoms with Gasteiger partial charge >= 0.3 is 0 Å². The van der Waals surface area contributed by atoms with E-state index in [0.717, 1.165) is 10.4 Å². The van der Waals surface area contributed by atoms with Gasteiger partial charge in [0.15, 0.2) is 0 Å².